The molecule has 1 N–H and O–H groups in total. The molecule has 5 rings (SSSR count). The van der Waals surface area contributed by atoms with Crippen molar-refractivity contribution in [3.05, 3.63) is 82.9 Å². The van der Waals surface area contributed by atoms with Crippen LogP contribution in [0.2, 0.25) is 0 Å². The quantitative estimate of drug-likeness (QED) is 0.691. The Morgan fingerprint density at radius 2 is 1.90 bits per heavy atom. The molecule has 1 amide bonds. The molecule has 3 aromatic rings. The lowest BCUT2D eigenvalue weighted by molar-refractivity contribution is 0.0938. The number of fused-ring (bicyclic) bond motifs is 1. The molecule has 1 aromatic heterocycles. The summed E-state index contributed by atoms with van der Waals surface area (Å²) in [7, 11) is 0. The van der Waals surface area contributed by atoms with Gasteiger partial charge in [0.2, 0.25) is 0 Å². The van der Waals surface area contributed by atoms with Gasteiger partial charge in [-0.15, -0.1) is 0 Å². The number of hydrogen-bond acceptors (Lipinski definition) is 3. The molecule has 2 aliphatic rings. The van der Waals surface area contributed by atoms with Gasteiger partial charge in [-0.2, -0.15) is 5.10 Å². The zero-order valence-electron chi connectivity index (χ0n) is 16.9. The van der Waals surface area contributed by atoms with Crippen LogP contribution in [0.5, 0.6) is 0 Å². The third kappa shape index (κ3) is 3.95. The Labute approximate surface area is 175 Å². The van der Waals surface area contributed by atoms with E-state index >= 15 is 0 Å². The van der Waals surface area contributed by atoms with Gasteiger partial charge in [0.05, 0.1) is 18.8 Å². The molecular weight excluding hydrogens is 379 g/mol. The summed E-state index contributed by atoms with van der Waals surface area (Å²) >= 11 is 0. The van der Waals surface area contributed by atoms with Crippen LogP contribution < -0.4 is 10.2 Å². The van der Waals surface area contributed by atoms with Gasteiger partial charge in [-0.3, -0.25) is 9.48 Å². The van der Waals surface area contributed by atoms with Crippen molar-refractivity contribution in [3.63, 3.8) is 0 Å². The molecule has 154 valence electrons. The highest BCUT2D eigenvalue weighted by atomic mass is 19.1. The van der Waals surface area contributed by atoms with Crippen molar-refractivity contribution >= 4 is 11.6 Å². The van der Waals surface area contributed by atoms with Crippen LogP contribution in [0, 0.1) is 5.82 Å². The Morgan fingerprint density at radius 1 is 1.10 bits per heavy atom. The molecule has 1 saturated carbocycles. The highest BCUT2D eigenvalue weighted by molar-refractivity contribution is 5.95. The summed E-state index contributed by atoms with van der Waals surface area (Å²) in [6.45, 7) is 2.12. The van der Waals surface area contributed by atoms with Crippen LogP contribution in [0.3, 0.4) is 0 Å². The van der Waals surface area contributed by atoms with Crippen molar-refractivity contribution in [1.29, 1.82) is 0 Å². The molecule has 1 fully saturated rings. The minimum Gasteiger partial charge on any atom is -0.361 e. The SMILES string of the molecule is O=C(NC1CCCC1)c1cccc(N2Cc3cn(Cc4ccc(F)cc4)nc3C2)c1. The third-order valence-corrected chi connectivity index (χ3v) is 6.05. The Hall–Kier alpha value is -3.15. The zero-order valence-corrected chi connectivity index (χ0v) is 16.9. The predicted molar refractivity (Wildman–Crippen MR) is 114 cm³/mol. The second-order valence-electron chi connectivity index (χ2n) is 8.29. The largest absolute Gasteiger partial charge is 0.361 e. The van der Waals surface area contributed by atoms with Crippen molar-refractivity contribution < 1.29 is 9.18 Å². The van der Waals surface area contributed by atoms with E-state index in [0.29, 0.717) is 18.2 Å². The lowest BCUT2D eigenvalue weighted by Crippen LogP contribution is -2.32. The monoisotopic (exact) mass is 404 g/mol. The average Bonchev–Trinajstić information content (AvgIpc) is 3.47. The number of aromatic nitrogens is 2. The highest BCUT2D eigenvalue weighted by Crippen LogP contribution is 2.28. The number of amides is 1. The Balaban J connectivity index is 1.25. The van der Waals surface area contributed by atoms with E-state index in [9.17, 15) is 9.18 Å². The Bertz CT molecular complexity index is 1030. The topological polar surface area (TPSA) is 50.2 Å². The fourth-order valence-corrected chi connectivity index (χ4v) is 4.43. The molecule has 0 bridgehead atoms. The minimum atomic E-state index is -0.225. The van der Waals surface area contributed by atoms with Crippen molar-refractivity contribution in [2.24, 2.45) is 0 Å². The molecule has 0 atom stereocenters. The molecule has 0 spiro atoms. The summed E-state index contributed by atoms with van der Waals surface area (Å²) in [5.74, 6) is -0.207. The molecule has 2 heterocycles. The lowest BCUT2D eigenvalue weighted by Gasteiger charge is -2.19. The number of halogens is 1. The van der Waals surface area contributed by atoms with Crippen LogP contribution in [0.15, 0.2) is 54.7 Å². The highest BCUT2D eigenvalue weighted by Gasteiger charge is 2.24. The summed E-state index contributed by atoms with van der Waals surface area (Å²) < 4.78 is 15.0. The van der Waals surface area contributed by atoms with Gasteiger partial charge < -0.3 is 10.2 Å². The fraction of sp³-hybridized carbons (Fsp3) is 0.333. The van der Waals surface area contributed by atoms with E-state index in [1.54, 1.807) is 12.1 Å². The Morgan fingerprint density at radius 3 is 2.67 bits per heavy atom. The van der Waals surface area contributed by atoms with Crippen molar-refractivity contribution in [1.82, 2.24) is 15.1 Å². The van der Waals surface area contributed by atoms with E-state index in [2.05, 4.69) is 16.4 Å². The average molecular weight is 404 g/mol. The summed E-state index contributed by atoms with van der Waals surface area (Å²) in [6.07, 6.45) is 6.64. The van der Waals surface area contributed by atoms with E-state index in [-0.39, 0.29) is 11.7 Å². The molecule has 1 aliphatic carbocycles. The van der Waals surface area contributed by atoms with Crippen LogP contribution >= 0.6 is 0 Å². The van der Waals surface area contributed by atoms with Crippen LogP contribution in [0.25, 0.3) is 0 Å². The van der Waals surface area contributed by atoms with Crippen LogP contribution in [0.4, 0.5) is 10.1 Å². The van der Waals surface area contributed by atoms with Gasteiger partial charge in [-0.1, -0.05) is 31.0 Å². The first-order valence-corrected chi connectivity index (χ1v) is 10.6. The fourth-order valence-electron chi connectivity index (χ4n) is 4.43. The maximum Gasteiger partial charge on any atom is 0.251 e. The first-order valence-electron chi connectivity index (χ1n) is 10.6. The summed E-state index contributed by atoms with van der Waals surface area (Å²) in [4.78, 5) is 14.8. The van der Waals surface area contributed by atoms with E-state index in [1.807, 2.05) is 28.9 Å². The number of anilines is 1. The van der Waals surface area contributed by atoms with Crippen LogP contribution in [-0.2, 0) is 19.6 Å². The number of hydrogen-bond donors (Lipinski definition) is 1. The van der Waals surface area contributed by atoms with Gasteiger partial charge in [-0.05, 0) is 48.7 Å². The van der Waals surface area contributed by atoms with Gasteiger partial charge in [-0.25, -0.2) is 4.39 Å². The molecule has 0 unspecified atom stereocenters. The van der Waals surface area contributed by atoms with Gasteiger partial charge >= 0.3 is 0 Å². The normalized spacial score (nSPS) is 16.1. The molecule has 0 radical (unpaired) electrons. The number of nitrogens with one attached hydrogen (secondary N) is 1. The van der Waals surface area contributed by atoms with Gasteiger partial charge in [0.25, 0.3) is 5.91 Å². The first-order chi connectivity index (χ1) is 14.6. The number of rotatable bonds is 5. The lowest BCUT2D eigenvalue weighted by atomic mass is 10.1. The zero-order chi connectivity index (χ0) is 20.5. The minimum absolute atomic E-state index is 0.0187. The van der Waals surface area contributed by atoms with Gasteiger partial charge in [0.1, 0.15) is 5.82 Å². The summed E-state index contributed by atoms with van der Waals surface area (Å²) in [5, 5.41) is 7.87. The number of nitrogens with zero attached hydrogens (tertiary/aromatic N) is 3. The maximum atomic E-state index is 13.1. The smallest absolute Gasteiger partial charge is 0.251 e. The molecule has 0 saturated heterocycles. The molecule has 30 heavy (non-hydrogen) atoms. The van der Waals surface area contributed by atoms with Crippen LogP contribution in [-0.4, -0.2) is 21.7 Å². The van der Waals surface area contributed by atoms with Gasteiger partial charge in [0.15, 0.2) is 0 Å². The summed E-state index contributed by atoms with van der Waals surface area (Å²) in [6, 6.07) is 14.7. The van der Waals surface area contributed by atoms with Crippen molar-refractivity contribution in [3.8, 4) is 0 Å². The Kier molecular flexibility index (Phi) is 4.99. The summed E-state index contributed by atoms with van der Waals surface area (Å²) in [5.41, 5.74) is 5.02. The second kappa shape index (κ2) is 7.94. The van der Waals surface area contributed by atoms with Crippen LogP contribution in [0.1, 0.15) is 52.9 Å². The number of benzene rings is 2. The molecule has 5 nitrogen and oxygen atoms in total. The van der Waals surface area contributed by atoms with Crippen molar-refractivity contribution in [2.45, 2.75) is 51.4 Å². The predicted octanol–water partition coefficient (Wildman–Crippen LogP) is 4.26. The maximum absolute atomic E-state index is 13.1. The number of carbonyl (C=O) groups excluding carboxylic acids is 1. The van der Waals surface area contributed by atoms with E-state index < -0.39 is 0 Å². The standard InChI is InChI=1S/C24H25FN4O/c25-20-10-8-17(9-11-20)13-29-15-19-14-28(16-23(19)27-29)22-7-3-4-18(12-22)24(30)26-21-5-1-2-6-21/h3-4,7-12,15,21H,1-2,5-6,13-14,16H2,(H,26,30). The molecule has 6 heteroatoms. The number of carbonyl (C=O) groups is 1. The second-order valence-corrected chi connectivity index (χ2v) is 8.29. The third-order valence-electron chi connectivity index (χ3n) is 6.05. The van der Waals surface area contributed by atoms with E-state index in [0.717, 1.165) is 42.9 Å². The van der Waals surface area contributed by atoms with E-state index in [4.69, 9.17) is 5.10 Å². The van der Waals surface area contributed by atoms with Gasteiger partial charge in [0, 0.05) is 35.6 Å². The van der Waals surface area contributed by atoms with Crippen molar-refractivity contribution in [2.75, 3.05) is 4.90 Å². The molecule has 1 aliphatic heterocycles. The first kappa shape index (κ1) is 18.9. The van der Waals surface area contributed by atoms with E-state index in [1.165, 1.54) is 30.5 Å². The molecule has 2 aromatic carbocycles. The molecular formula is C24H25FN4O.